The third-order valence-corrected chi connectivity index (χ3v) is 2.00. The summed E-state index contributed by atoms with van der Waals surface area (Å²) >= 11 is 4.58. The molecule has 0 aromatic heterocycles. The average Bonchev–Trinajstić information content (AvgIpc) is 2.15. The van der Waals surface area contributed by atoms with Gasteiger partial charge >= 0.3 is 0 Å². The van der Waals surface area contributed by atoms with Crippen LogP contribution in [0, 0.1) is 11.6 Å². The van der Waals surface area contributed by atoms with Crippen LogP contribution in [0.25, 0.3) is 0 Å². The monoisotopic (exact) mass is 245 g/mol. The molecule has 0 atom stereocenters. The van der Waals surface area contributed by atoms with Crippen LogP contribution in [0.5, 0.6) is 0 Å². The van der Waals surface area contributed by atoms with Gasteiger partial charge in [-0.1, -0.05) is 12.2 Å². The molecule has 5 N–H and O–H groups in total. The Hall–Kier alpha value is -1.76. The van der Waals surface area contributed by atoms with Crippen LogP contribution in [0.1, 0.15) is 5.56 Å². The topological polar surface area (TPSA) is 81.1 Å². The standard InChI is InChI=1S/C9H9F2N3OS/c10-5-1-4(9(13)16)2-6(11)8(5)14-3-7(12)15/h1-2,14H,3H2,(H2,12,15)(H2,13,16). The molecule has 0 aliphatic carbocycles. The molecule has 86 valence electrons. The van der Waals surface area contributed by atoms with Crippen LogP contribution in [0.4, 0.5) is 14.5 Å². The van der Waals surface area contributed by atoms with Gasteiger partial charge < -0.3 is 16.8 Å². The number of carbonyl (C=O) groups excluding carboxylic acids is 1. The van der Waals surface area contributed by atoms with Gasteiger partial charge in [0.25, 0.3) is 0 Å². The first-order valence-corrected chi connectivity index (χ1v) is 4.63. The van der Waals surface area contributed by atoms with E-state index >= 15 is 0 Å². The van der Waals surface area contributed by atoms with E-state index in [9.17, 15) is 13.6 Å². The molecule has 0 bridgehead atoms. The highest BCUT2D eigenvalue weighted by Crippen LogP contribution is 2.20. The second kappa shape index (κ2) is 4.84. The molecule has 0 heterocycles. The summed E-state index contributed by atoms with van der Waals surface area (Å²) < 4.78 is 26.7. The third kappa shape index (κ3) is 2.86. The van der Waals surface area contributed by atoms with Crippen molar-refractivity contribution in [1.82, 2.24) is 0 Å². The number of rotatable bonds is 4. The molecule has 1 rings (SSSR count). The maximum atomic E-state index is 13.4. The van der Waals surface area contributed by atoms with E-state index in [4.69, 9.17) is 11.5 Å². The first kappa shape index (κ1) is 12.3. The maximum absolute atomic E-state index is 13.4. The molecule has 0 saturated carbocycles. The summed E-state index contributed by atoms with van der Waals surface area (Å²) in [6.07, 6.45) is 0. The van der Waals surface area contributed by atoms with Crippen LogP contribution in [-0.2, 0) is 4.79 Å². The van der Waals surface area contributed by atoms with Crippen molar-refractivity contribution < 1.29 is 13.6 Å². The van der Waals surface area contributed by atoms with Crippen molar-refractivity contribution >= 4 is 28.8 Å². The Labute approximate surface area is 95.6 Å². The van der Waals surface area contributed by atoms with Crippen molar-refractivity contribution in [2.45, 2.75) is 0 Å². The number of amides is 1. The van der Waals surface area contributed by atoms with Gasteiger partial charge in [-0.05, 0) is 12.1 Å². The normalized spacial score (nSPS) is 9.88. The van der Waals surface area contributed by atoms with E-state index in [1.54, 1.807) is 0 Å². The van der Waals surface area contributed by atoms with Crippen LogP contribution in [0.15, 0.2) is 12.1 Å². The van der Waals surface area contributed by atoms with E-state index in [-0.39, 0.29) is 17.1 Å². The third-order valence-electron chi connectivity index (χ3n) is 1.77. The van der Waals surface area contributed by atoms with Crippen molar-refractivity contribution in [1.29, 1.82) is 0 Å². The number of benzene rings is 1. The Morgan fingerprint density at radius 1 is 1.31 bits per heavy atom. The fourth-order valence-corrected chi connectivity index (χ4v) is 1.18. The minimum absolute atomic E-state index is 0.0784. The summed E-state index contributed by atoms with van der Waals surface area (Å²) in [7, 11) is 0. The summed E-state index contributed by atoms with van der Waals surface area (Å²) in [6.45, 7) is -0.361. The molecular formula is C9H9F2N3OS. The second-order valence-electron chi connectivity index (χ2n) is 3.00. The number of primary amides is 1. The summed E-state index contributed by atoms with van der Waals surface area (Å²) in [5, 5.41) is 2.24. The summed E-state index contributed by atoms with van der Waals surface area (Å²) in [5.74, 6) is -2.50. The van der Waals surface area contributed by atoms with Crippen molar-refractivity contribution in [2.24, 2.45) is 11.5 Å². The Balaban J connectivity index is 3.03. The van der Waals surface area contributed by atoms with Crippen molar-refractivity contribution in [2.75, 3.05) is 11.9 Å². The van der Waals surface area contributed by atoms with E-state index in [1.807, 2.05) is 0 Å². The molecule has 7 heteroatoms. The molecule has 1 aromatic rings. The highest BCUT2D eigenvalue weighted by Gasteiger charge is 2.12. The number of nitrogens with two attached hydrogens (primary N) is 2. The fraction of sp³-hybridized carbons (Fsp3) is 0.111. The van der Waals surface area contributed by atoms with E-state index in [2.05, 4.69) is 17.5 Å². The fourth-order valence-electron chi connectivity index (χ4n) is 1.06. The first-order valence-electron chi connectivity index (χ1n) is 4.23. The molecular weight excluding hydrogens is 236 g/mol. The van der Waals surface area contributed by atoms with Gasteiger partial charge in [0.2, 0.25) is 5.91 Å². The van der Waals surface area contributed by atoms with Crippen molar-refractivity contribution in [3.8, 4) is 0 Å². The van der Waals surface area contributed by atoms with Gasteiger partial charge in [0, 0.05) is 5.56 Å². The summed E-state index contributed by atoms with van der Waals surface area (Å²) in [4.78, 5) is 10.3. The molecule has 1 amide bonds. The average molecular weight is 245 g/mol. The maximum Gasteiger partial charge on any atom is 0.236 e. The smallest absolute Gasteiger partial charge is 0.236 e. The zero-order valence-corrected chi connectivity index (χ0v) is 8.91. The van der Waals surface area contributed by atoms with E-state index in [0.717, 1.165) is 12.1 Å². The SMILES string of the molecule is NC(=O)CNc1c(F)cc(C(N)=S)cc1F. The van der Waals surface area contributed by atoms with Crippen LogP contribution in [0.3, 0.4) is 0 Å². The number of anilines is 1. The van der Waals surface area contributed by atoms with E-state index in [1.165, 1.54) is 0 Å². The number of carbonyl (C=O) groups is 1. The lowest BCUT2D eigenvalue weighted by Gasteiger charge is -2.08. The molecule has 0 spiro atoms. The molecule has 0 radical (unpaired) electrons. The van der Waals surface area contributed by atoms with Crippen molar-refractivity contribution in [3.63, 3.8) is 0 Å². The quantitative estimate of drug-likeness (QED) is 0.675. The molecule has 4 nitrogen and oxygen atoms in total. The molecule has 0 unspecified atom stereocenters. The molecule has 0 aliphatic heterocycles. The van der Waals surface area contributed by atoms with Crippen molar-refractivity contribution in [3.05, 3.63) is 29.3 Å². The first-order chi connectivity index (χ1) is 7.41. The molecule has 1 aromatic carbocycles. The van der Waals surface area contributed by atoms with Gasteiger partial charge in [-0.15, -0.1) is 0 Å². The summed E-state index contributed by atoms with van der Waals surface area (Å²) in [5.41, 5.74) is 9.71. The lowest BCUT2D eigenvalue weighted by atomic mass is 10.2. The summed E-state index contributed by atoms with van der Waals surface area (Å²) in [6, 6.07) is 1.96. The number of hydrogen-bond acceptors (Lipinski definition) is 3. The van der Waals surface area contributed by atoms with Crippen LogP contribution < -0.4 is 16.8 Å². The van der Waals surface area contributed by atoms with Gasteiger partial charge in [0.05, 0.1) is 6.54 Å². The molecule has 0 aliphatic rings. The predicted octanol–water partition coefficient (Wildman–Crippen LogP) is 0.496. The number of hydrogen-bond donors (Lipinski definition) is 3. The number of halogens is 2. The minimum Gasteiger partial charge on any atom is -0.389 e. The van der Waals surface area contributed by atoms with E-state index < -0.39 is 23.2 Å². The second-order valence-corrected chi connectivity index (χ2v) is 3.44. The zero-order valence-electron chi connectivity index (χ0n) is 8.09. The Morgan fingerprint density at radius 3 is 2.19 bits per heavy atom. The van der Waals surface area contributed by atoms with E-state index in [0.29, 0.717) is 0 Å². The minimum atomic E-state index is -0.885. The Bertz CT molecular complexity index is 427. The lowest BCUT2D eigenvalue weighted by Crippen LogP contribution is -2.23. The van der Waals surface area contributed by atoms with Crippen LogP contribution in [0.2, 0.25) is 0 Å². The lowest BCUT2D eigenvalue weighted by molar-refractivity contribution is -0.116. The number of nitrogens with one attached hydrogen (secondary N) is 1. The molecule has 16 heavy (non-hydrogen) atoms. The molecule has 0 saturated heterocycles. The van der Waals surface area contributed by atoms with Gasteiger partial charge in [-0.25, -0.2) is 8.78 Å². The van der Waals surface area contributed by atoms with Gasteiger partial charge in [0.15, 0.2) is 0 Å². The molecule has 0 fully saturated rings. The highest BCUT2D eigenvalue weighted by atomic mass is 32.1. The van der Waals surface area contributed by atoms with Crippen LogP contribution >= 0.6 is 12.2 Å². The predicted molar refractivity (Wildman–Crippen MR) is 59.9 cm³/mol. The van der Waals surface area contributed by atoms with Gasteiger partial charge in [-0.3, -0.25) is 4.79 Å². The Morgan fingerprint density at radius 2 is 1.81 bits per heavy atom. The van der Waals surface area contributed by atoms with Gasteiger partial charge in [-0.2, -0.15) is 0 Å². The zero-order chi connectivity index (χ0) is 12.3. The number of thiocarbonyl (C=S) groups is 1. The largest absolute Gasteiger partial charge is 0.389 e. The van der Waals surface area contributed by atoms with Crippen LogP contribution in [-0.4, -0.2) is 17.4 Å². The van der Waals surface area contributed by atoms with Gasteiger partial charge in [0.1, 0.15) is 22.3 Å². The highest BCUT2D eigenvalue weighted by molar-refractivity contribution is 7.80. The Kier molecular flexibility index (Phi) is 3.73.